The smallest absolute Gasteiger partial charge is 0.179 e. The molecule has 0 bridgehead atoms. The van der Waals surface area contributed by atoms with Crippen LogP contribution in [0, 0.1) is 0 Å². The Kier molecular flexibility index (Phi) is 3.37. The zero-order valence-corrected chi connectivity index (χ0v) is 14.0. The second kappa shape index (κ2) is 5.84. The van der Waals surface area contributed by atoms with Crippen LogP contribution in [0.3, 0.4) is 0 Å². The Labute approximate surface area is 147 Å². The molecule has 0 atom stereocenters. The van der Waals surface area contributed by atoms with E-state index in [0.717, 1.165) is 47.2 Å². The zero-order chi connectivity index (χ0) is 16.6. The first-order chi connectivity index (χ1) is 12.4. The van der Waals surface area contributed by atoms with Gasteiger partial charge in [-0.25, -0.2) is 5.01 Å². The molecule has 5 heteroatoms. The van der Waals surface area contributed by atoms with Crippen molar-refractivity contribution in [3.63, 3.8) is 0 Å². The van der Waals surface area contributed by atoms with Crippen LogP contribution in [0.25, 0.3) is 0 Å². The van der Waals surface area contributed by atoms with Crippen LogP contribution in [0.1, 0.15) is 29.5 Å². The van der Waals surface area contributed by atoms with Crippen LogP contribution >= 0.6 is 0 Å². The molecule has 1 saturated heterocycles. The van der Waals surface area contributed by atoms with Gasteiger partial charge in [0, 0.05) is 24.2 Å². The molecule has 124 valence electrons. The Hall–Kier alpha value is -2.95. The number of rotatable bonds is 1. The van der Waals surface area contributed by atoms with Gasteiger partial charge < -0.3 is 4.90 Å². The summed E-state index contributed by atoms with van der Waals surface area (Å²) in [7, 11) is 0. The second-order valence-corrected chi connectivity index (χ2v) is 6.56. The minimum absolute atomic E-state index is 0.647. The van der Waals surface area contributed by atoms with E-state index >= 15 is 0 Å². The lowest BCUT2D eigenvalue weighted by atomic mass is 10.0. The fourth-order valence-corrected chi connectivity index (χ4v) is 3.67. The minimum atomic E-state index is 0.647. The van der Waals surface area contributed by atoms with Crippen molar-refractivity contribution in [2.24, 2.45) is 15.3 Å². The fourth-order valence-electron chi connectivity index (χ4n) is 3.67. The van der Waals surface area contributed by atoms with Gasteiger partial charge in [-0.15, -0.1) is 5.10 Å². The van der Waals surface area contributed by atoms with E-state index in [1.807, 2.05) is 23.2 Å². The Balaban J connectivity index is 1.59. The van der Waals surface area contributed by atoms with E-state index in [0.29, 0.717) is 6.54 Å². The standard InChI is InChI=1S/C20H19N5/c1-2-8-15(9-3-1)18-14-25-19(22-21-18)16-10-4-5-11-17(16)20(23-25)24-12-6-7-13-24/h1-5,8-11H,6-7,12-14H2. The molecule has 0 aliphatic carbocycles. The summed E-state index contributed by atoms with van der Waals surface area (Å²) in [5.74, 6) is 1.92. The van der Waals surface area contributed by atoms with E-state index in [-0.39, 0.29) is 0 Å². The molecule has 3 aliphatic heterocycles. The molecule has 0 N–H and O–H groups in total. The van der Waals surface area contributed by atoms with Crippen molar-refractivity contribution in [1.29, 1.82) is 0 Å². The number of hydrogen-bond acceptors (Lipinski definition) is 5. The van der Waals surface area contributed by atoms with Crippen LogP contribution in [0.5, 0.6) is 0 Å². The van der Waals surface area contributed by atoms with Gasteiger partial charge in [-0.1, -0.05) is 54.6 Å². The molecule has 2 aromatic rings. The highest BCUT2D eigenvalue weighted by molar-refractivity contribution is 6.16. The molecular weight excluding hydrogens is 310 g/mol. The van der Waals surface area contributed by atoms with Crippen LogP contribution in [-0.4, -0.2) is 46.9 Å². The van der Waals surface area contributed by atoms with E-state index in [2.05, 4.69) is 51.5 Å². The number of hydrogen-bond donors (Lipinski definition) is 0. The molecule has 2 aromatic carbocycles. The molecule has 5 nitrogen and oxygen atoms in total. The maximum Gasteiger partial charge on any atom is 0.179 e. The lowest BCUT2D eigenvalue weighted by molar-refractivity contribution is 0.451. The van der Waals surface area contributed by atoms with E-state index in [9.17, 15) is 0 Å². The first kappa shape index (κ1) is 14.4. The maximum atomic E-state index is 4.97. The molecule has 3 heterocycles. The predicted octanol–water partition coefficient (Wildman–Crippen LogP) is 2.92. The summed E-state index contributed by atoms with van der Waals surface area (Å²) < 4.78 is 0. The summed E-state index contributed by atoms with van der Waals surface area (Å²) in [6.45, 7) is 2.80. The van der Waals surface area contributed by atoms with Gasteiger partial charge in [0.15, 0.2) is 11.7 Å². The van der Waals surface area contributed by atoms with Gasteiger partial charge >= 0.3 is 0 Å². The summed E-state index contributed by atoms with van der Waals surface area (Å²) >= 11 is 0. The number of hydrazone groups is 1. The van der Waals surface area contributed by atoms with Gasteiger partial charge in [-0.3, -0.25) is 0 Å². The highest BCUT2D eigenvalue weighted by atomic mass is 15.5. The maximum absolute atomic E-state index is 4.97. The molecule has 1 fully saturated rings. The number of amidine groups is 2. The predicted molar refractivity (Wildman–Crippen MR) is 100 cm³/mol. The summed E-state index contributed by atoms with van der Waals surface area (Å²) in [4.78, 5) is 2.39. The molecule has 0 aromatic heterocycles. The summed E-state index contributed by atoms with van der Waals surface area (Å²) in [5, 5.41) is 16.0. The average Bonchev–Trinajstić information content (AvgIpc) is 3.22. The lowest BCUT2D eigenvalue weighted by Crippen LogP contribution is -2.43. The van der Waals surface area contributed by atoms with Crippen molar-refractivity contribution in [3.05, 3.63) is 71.3 Å². The summed E-state index contributed by atoms with van der Waals surface area (Å²) in [6, 6.07) is 18.6. The number of likely N-dealkylation sites (tertiary alicyclic amines) is 1. The van der Waals surface area contributed by atoms with Gasteiger partial charge in [0.2, 0.25) is 0 Å². The Morgan fingerprint density at radius 2 is 1.40 bits per heavy atom. The molecule has 5 rings (SSSR count). The van der Waals surface area contributed by atoms with Gasteiger partial charge in [0.1, 0.15) is 0 Å². The van der Waals surface area contributed by atoms with Crippen molar-refractivity contribution in [2.45, 2.75) is 12.8 Å². The van der Waals surface area contributed by atoms with Crippen molar-refractivity contribution in [2.75, 3.05) is 19.6 Å². The van der Waals surface area contributed by atoms with Crippen molar-refractivity contribution in [1.82, 2.24) is 9.91 Å². The Morgan fingerprint density at radius 1 is 0.720 bits per heavy atom. The van der Waals surface area contributed by atoms with Crippen molar-refractivity contribution >= 4 is 17.4 Å². The average molecular weight is 329 g/mol. The van der Waals surface area contributed by atoms with E-state index in [1.165, 1.54) is 12.8 Å². The van der Waals surface area contributed by atoms with Crippen LogP contribution in [-0.2, 0) is 0 Å². The number of nitrogens with zero attached hydrogens (tertiary/aromatic N) is 5. The third-order valence-corrected chi connectivity index (χ3v) is 4.95. The lowest BCUT2D eigenvalue weighted by Gasteiger charge is -2.33. The highest BCUT2D eigenvalue weighted by Crippen LogP contribution is 2.26. The zero-order valence-electron chi connectivity index (χ0n) is 14.0. The van der Waals surface area contributed by atoms with Crippen LogP contribution < -0.4 is 0 Å². The monoisotopic (exact) mass is 329 g/mol. The Morgan fingerprint density at radius 3 is 2.16 bits per heavy atom. The highest BCUT2D eigenvalue weighted by Gasteiger charge is 2.31. The topological polar surface area (TPSA) is 43.6 Å². The molecule has 0 saturated carbocycles. The van der Waals surface area contributed by atoms with Gasteiger partial charge in [-0.2, -0.15) is 10.2 Å². The van der Waals surface area contributed by atoms with Gasteiger partial charge in [0.25, 0.3) is 0 Å². The van der Waals surface area contributed by atoms with Crippen molar-refractivity contribution < 1.29 is 0 Å². The number of benzene rings is 2. The third kappa shape index (κ3) is 2.43. The molecule has 0 radical (unpaired) electrons. The minimum Gasteiger partial charge on any atom is -0.355 e. The number of fused-ring (bicyclic) bond motifs is 3. The molecule has 3 aliphatic rings. The first-order valence-corrected chi connectivity index (χ1v) is 8.81. The van der Waals surface area contributed by atoms with Crippen molar-refractivity contribution in [3.8, 4) is 0 Å². The van der Waals surface area contributed by atoms with E-state index in [4.69, 9.17) is 5.10 Å². The molecule has 0 amide bonds. The second-order valence-electron chi connectivity index (χ2n) is 6.56. The Bertz CT molecular complexity index is 891. The fraction of sp³-hybridized carbons (Fsp3) is 0.250. The third-order valence-electron chi connectivity index (χ3n) is 4.95. The van der Waals surface area contributed by atoms with Gasteiger partial charge in [-0.05, 0) is 18.4 Å². The molecular formula is C20H19N5. The molecule has 25 heavy (non-hydrogen) atoms. The van der Waals surface area contributed by atoms with Crippen LogP contribution in [0.15, 0.2) is 69.9 Å². The normalized spacial score (nSPS) is 19.0. The van der Waals surface area contributed by atoms with E-state index < -0.39 is 0 Å². The molecule has 0 spiro atoms. The largest absolute Gasteiger partial charge is 0.355 e. The van der Waals surface area contributed by atoms with Gasteiger partial charge in [0.05, 0.1) is 12.3 Å². The first-order valence-electron chi connectivity index (χ1n) is 8.81. The van der Waals surface area contributed by atoms with E-state index in [1.54, 1.807) is 0 Å². The quantitative estimate of drug-likeness (QED) is 0.807. The summed E-state index contributed by atoms with van der Waals surface area (Å²) in [6.07, 6.45) is 2.47. The van der Waals surface area contributed by atoms with Crippen LogP contribution in [0.4, 0.5) is 0 Å². The van der Waals surface area contributed by atoms with Crippen LogP contribution in [0.2, 0.25) is 0 Å². The molecule has 0 unspecified atom stereocenters. The SMILES string of the molecule is c1ccc(C2=NN=C3c4ccccc4C(N4CCCC4)=NN3C2)cc1. The summed E-state index contributed by atoms with van der Waals surface area (Å²) in [5.41, 5.74) is 4.34.